The molecule has 0 fully saturated rings. The van der Waals surface area contributed by atoms with Gasteiger partial charge in [-0.3, -0.25) is 4.98 Å². The molecule has 0 atom stereocenters. The van der Waals surface area contributed by atoms with Gasteiger partial charge in [-0.25, -0.2) is 0 Å². The van der Waals surface area contributed by atoms with E-state index in [9.17, 15) is 0 Å². The lowest BCUT2D eigenvalue weighted by Crippen LogP contribution is -1.93. The van der Waals surface area contributed by atoms with Gasteiger partial charge < -0.3 is 4.52 Å². The van der Waals surface area contributed by atoms with Crippen LogP contribution in [-0.4, -0.2) is 10.1 Å². The summed E-state index contributed by atoms with van der Waals surface area (Å²) in [6, 6.07) is 5.93. The van der Waals surface area contributed by atoms with Crippen LogP contribution in [0.3, 0.4) is 0 Å². The van der Waals surface area contributed by atoms with Crippen molar-refractivity contribution in [1.29, 1.82) is 0 Å². The molecule has 2 heterocycles. The number of hydrogen-bond donors (Lipinski definition) is 0. The Morgan fingerprint density at radius 1 is 1.29 bits per heavy atom. The number of aromatic nitrogens is 2. The molecule has 0 bridgehead atoms. The van der Waals surface area contributed by atoms with Crippen molar-refractivity contribution in [2.24, 2.45) is 0 Å². The van der Waals surface area contributed by atoms with E-state index in [2.05, 4.69) is 23.1 Å². The molecule has 2 rings (SSSR count). The third-order valence-corrected chi connectivity index (χ3v) is 2.20. The van der Waals surface area contributed by atoms with Crippen molar-refractivity contribution >= 4 is 0 Å². The summed E-state index contributed by atoms with van der Waals surface area (Å²) in [6.45, 7) is 4.11. The Labute approximate surface area is 82.8 Å². The second kappa shape index (κ2) is 3.62. The van der Waals surface area contributed by atoms with E-state index in [1.165, 1.54) is 0 Å². The molecule has 0 unspecified atom stereocenters. The van der Waals surface area contributed by atoms with E-state index in [0.717, 1.165) is 29.1 Å². The summed E-state index contributed by atoms with van der Waals surface area (Å²) in [5, 5.41) is 3.89. The van der Waals surface area contributed by atoms with Crippen molar-refractivity contribution in [2.45, 2.75) is 20.3 Å². The second-order valence-electron chi connectivity index (χ2n) is 3.21. The molecule has 14 heavy (non-hydrogen) atoms. The van der Waals surface area contributed by atoms with E-state index in [1.807, 2.05) is 19.1 Å². The predicted molar refractivity (Wildman–Crippen MR) is 53.8 cm³/mol. The van der Waals surface area contributed by atoms with Gasteiger partial charge in [0.05, 0.1) is 5.69 Å². The Morgan fingerprint density at radius 3 is 2.79 bits per heavy atom. The fraction of sp³-hybridized carbons (Fsp3) is 0.273. The zero-order valence-electron chi connectivity index (χ0n) is 8.32. The van der Waals surface area contributed by atoms with Gasteiger partial charge in [-0.05, 0) is 25.0 Å². The highest BCUT2D eigenvalue weighted by atomic mass is 16.5. The summed E-state index contributed by atoms with van der Waals surface area (Å²) in [4.78, 5) is 4.51. The van der Waals surface area contributed by atoms with E-state index >= 15 is 0 Å². The maximum absolute atomic E-state index is 4.81. The summed E-state index contributed by atoms with van der Waals surface area (Å²) in [5.74, 6) is 0. The number of nitrogens with zero attached hydrogens (tertiary/aromatic N) is 2. The first-order valence-corrected chi connectivity index (χ1v) is 4.68. The Hall–Kier alpha value is -1.64. The minimum Gasteiger partial charge on any atom is -0.364 e. The molecule has 0 radical (unpaired) electrons. The van der Waals surface area contributed by atoms with E-state index in [4.69, 9.17) is 4.52 Å². The SMILES string of the molecule is CCc1ccc(C)c(-c2ccon2)n1. The molecule has 0 aliphatic rings. The van der Waals surface area contributed by atoms with Crippen LogP contribution in [0.1, 0.15) is 18.2 Å². The lowest BCUT2D eigenvalue weighted by Gasteiger charge is -2.03. The summed E-state index contributed by atoms with van der Waals surface area (Å²) in [5.41, 5.74) is 3.92. The van der Waals surface area contributed by atoms with Crippen LogP contribution in [0.2, 0.25) is 0 Å². The van der Waals surface area contributed by atoms with Gasteiger partial charge in [0.25, 0.3) is 0 Å². The second-order valence-corrected chi connectivity index (χ2v) is 3.21. The van der Waals surface area contributed by atoms with Gasteiger partial charge in [0.1, 0.15) is 12.0 Å². The number of hydrogen-bond acceptors (Lipinski definition) is 3. The minimum absolute atomic E-state index is 0.804. The van der Waals surface area contributed by atoms with Crippen LogP contribution in [0.5, 0.6) is 0 Å². The van der Waals surface area contributed by atoms with Gasteiger partial charge in [-0.2, -0.15) is 0 Å². The highest BCUT2D eigenvalue weighted by molar-refractivity contribution is 5.57. The van der Waals surface area contributed by atoms with Gasteiger partial charge in [-0.15, -0.1) is 0 Å². The zero-order valence-corrected chi connectivity index (χ0v) is 8.32. The van der Waals surface area contributed by atoms with Crippen LogP contribution < -0.4 is 0 Å². The van der Waals surface area contributed by atoms with E-state index in [0.29, 0.717) is 0 Å². The molecule has 3 heteroatoms. The maximum atomic E-state index is 4.81. The molecule has 3 nitrogen and oxygen atoms in total. The minimum atomic E-state index is 0.804. The van der Waals surface area contributed by atoms with Gasteiger partial charge >= 0.3 is 0 Å². The van der Waals surface area contributed by atoms with E-state index < -0.39 is 0 Å². The Morgan fingerprint density at radius 2 is 2.14 bits per heavy atom. The van der Waals surface area contributed by atoms with Crippen LogP contribution in [0.15, 0.2) is 29.0 Å². The third kappa shape index (κ3) is 1.53. The topological polar surface area (TPSA) is 38.9 Å². The van der Waals surface area contributed by atoms with Gasteiger partial charge in [0, 0.05) is 11.8 Å². The molecule has 2 aromatic heterocycles. The van der Waals surface area contributed by atoms with Crippen LogP contribution in [0.25, 0.3) is 11.4 Å². The summed E-state index contributed by atoms with van der Waals surface area (Å²) >= 11 is 0. The maximum Gasteiger partial charge on any atom is 0.132 e. The van der Waals surface area contributed by atoms with Crippen molar-refractivity contribution in [3.63, 3.8) is 0 Å². The molecular weight excluding hydrogens is 176 g/mol. The van der Waals surface area contributed by atoms with Crippen molar-refractivity contribution in [2.75, 3.05) is 0 Å². The molecule has 0 saturated heterocycles. The molecule has 0 aromatic carbocycles. The smallest absolute Gasteiger partial charge is 0.132 e. The molecule has 0 aliphatic carbocycles. The molecule has 0 N–H and O–H groups in total. The largest absolute Gasteiger partial charge is 0.364 e. The highest BCUT2D eigenvalue weighted by Crippen LogP contribution is 2.19. The average molecular weight is 188 g/mol. The quantitative estimate of drug-likeness (QED) is 0.727. The fourth-order valence-electron chi connectivity index (χ4n) is 1.36. The van der Waals surface area contributed by atoms with Crippen LogP contribution in [0, 0.1) is 6.92 Å². The lowest BCUT2D eigenvalue weighted by atomic mass is 10.1. The summed E-state index contributed by atoms with van der Waals surface area (Å²) in [7, 11) is 0. The average Bonchev–Trinajstić information content (AvgIpc) is 2.71. The van der Waals surface area contributed by atoms with Gasteiger partial charge in [0.2, 0.25) is 0 Å². The Bertz CT molecular complexity index is 421. The Balaban J connectivity index is 2.51. The van der Waals surface area contributed by atoms with Gasteiger partial charge in [0.15, 0.2) is 0 Å². The third-order valence-electron chi connectivity index (χ3n) is 2.20. The number of aryl methyl sites for hydroxylation is 2. The normalized spacial score (nSPS) is 10.4. The summed E-state index contributed by atoms with van der Waals surface area (Å²) in [6.07, 6.45) is 2.50. The van der Waals surface area contributed by atoms with Crippen LogP contribution in [0.4, 0.5) is 0 Å². The molecule has 0 amide bonds. The van der Waals surface area contributed by atoms with E-state index in [-0.39, 0.29) is 0 Å². The molecule has 0 aliphatic heterocycles. The number of rotatable bonds is 2. The monoisotopic (exact) mass is 188 g/mol. The zero-order chi connectivity index (χ0) is 9.97. The first-order chi connectivity index (χ1) is 6.81. The number of pyridine rings is 1. The molecule has 2 aromatic rings. The van der Waals surface area contributed by atoms with Crippen LogP contribution >= 0.6 is 0 Å². The first kappa shape index (κ1) is 8.94. The Kier molecular flexibility index (Phi) is 2.31. The molecular formula is C11H12N2O. The fourth-order valence-corrected chi connectivity index (χ4v) is 1.36. The van der Waals surface area contributed by atoms with Gasteiger partial charge in [-0.1, -0.05) is 18.1 Å². The first-order valence-electron chi connectivity index (χ1n) is 4.68. The highest BCUT2D eigenvalue weighted by Gasteiger charge is 2.06. The molecule has 0 spiro atoms. The van der Waals surface area contributed by atoms with Crippen molar-refractivity contribution < 1.29 is 4.52 Å². The predicted octanol–water partition coefficient (Wildman–Crippen LogP) is 2.61. The van der Waals surface area contributed by atoms with Crippen LogP contribution in [-0.2, 0) is 6.42 Å². The van der Waals surface area contributed by atoms with Crippen molar-refractivity contribution in [3.8, 4) is 11.4 Å². The van der Waals surface area contributed by atoms with Crippen molar-refractivity contribution in [1.82, 2.24) is 10.1 Å². The van der Waals surface area contributed by atoms with Crippen molar-refractivity contribution in [3.05, 3.63) is 35.7 Å². The van der Waals surface area contributed by atoms with E-state index in [1.54, 1.807) is 6.26 Å². The molecule has 0 saturated carbocycles. The summed E-state index contributed by atoms with van der Waals surface area (Å²) < 4.78 is 4.81. The molecule has 72 valence electrons. The standard InChI is InChI=1S/C11H12N2O/c1-3-9-5-4-8(2)11(12-9)10-6-7-14-13-10/h4-7H,3H2,1-2H3. The lowest BCUT2D eigenvalue weighted by molar-refractivity contribution is 0.422.